The molecule has 0 amide bonds. The number of benzene rings is 1. The van der Waals surface area contributed by atoms with Gasteiger partial charge < -0.3 is 10.1 Å². The SMILES string of the molecule is c1ccc2c(c1)OCC1=C2NCNC1. The zero-order chi connectivity index (χ0) is 9.38. The van der Waals surface area contributed by atoms with Crippen molar-refractivity contribution in [3.8, 4) is 5.75 Å². The number of rotatable bonds is 0. The number of hydrogen-bond acceptors (Lipinski definition) is 3. The van der Waals surface area contributed by atoms with Gasteiger partial charge in [-0.3, -0.25) is 5.32 Å². The Bertz CT molecular complexity index is 398. The fraction of sp³-hybridized carbons (Fsp3) is 0.273. The molecule has 72 valence electrons. The van der Waals surface area contributed by atoms with Crippen LogP contribution in [0.4, 0.5) is 0 Å². The van der Waals surface area contributed by atoms with Crippen LogP contribution in [0.2, 0.25) is 0 Å². The molecule has 0 atom stereocenters. The Morgan fingerprint density at radius 2 is 2.14 bits per heavy atom. The van der Waals surface area contributed by atoms with Crippen molar-refractivity contribution in [3.05, 3.63) is 35.4 Å². The van der Waals surface area contributed by atoms with E-state index in [1.807, 2.05) is 18.2 Å². The second-order valence-electron chi connectivity index (χ2n) is 3.54. The maximum atomic E-state index is 5.66. The van der Waals surface area contributed by atoms with Crippen molar-refractivity contribution < 1.29 is 4.74 Å². The van der Waals surface area contributed by atoms with Crippen molar-refractivity contribution in [2.24, 2.45) is 0 Å². The molecule has 0 saturated carbocycles. The molecule has 2 aliphatic heterocycles. The van der Waals surface area contributed by atoms with Gasteiger partial charge in [0, 0.05) is 23.4 Å². The van der Waals surface area contributed by atoms with Gasteiger partial charge in [0.1, 0.15) is 12.4 Å². The molecule has 1 aromatic rings. The Morgan fingerprint density at radius 1 is 1.21 bits per heavy atom. The highest BCUT2D eigenvalue weighted by Crippen LogP contribution is 2.31. The fourth-order valence-electron chi connectivity index (χ4n) is 1.95. The first-order valence-electron chi connectivity index (χ1n) is 4.84. The molecule has 0 bridgehead atoms. The normalized spacial score (nSPS) is 19.1. The molecule has 2 aliphatic rings. The minimum absolute atomic E-state index is 0.701. The summed E-state index contributed by atoms with van der Waals surface area (Å²) >= 11 is 0. The highest BCUT2D eigenvalue weighted by Gasteiger charge is 2.21. The molecule has 1 aromatic carbocycles. The number of hydrogen-bond donors (Lipinski definition) is 2. The quantitative estimate of drug-likeness (QED) is 0.635. The molecule has 0 aliphatic carbocycles. The van der Waals surface area contributed by atoms with E-state index in [9.17, 15) is 0 Å². The molecule has 3 nitrogen and oxygen atoms in total. The number of nitrogens with one attached hydrogen (secondary N) is 2. The molecule has 0 radical (unpaired) electrons. The van der Waals surface area contributed by atoms with E-state index in [0.29, 0.717) is 6.61 Å². The van der Waals surface area contributed by atoms with Crippen molar-refractivity contribution in [2.45, 2.75) is 0 Å². The predicted molar refractivity (Wildman–Crippen MR) is 54.9 cm³/mol. The van der Waals surface area contributed by atoms with Crippen LogP contribution in [0.1, 0.15) is 5.56 Å². The topological polar surface area (TPSA) is 33.3 Å². The summed E-state index contributed by atoms with van der Waals surface area (Å²) in [7, 11) is 0. The Labute approximate surface area is 82.8 Å². The number of para-hydroxylation sites is 1. The summed E-state index contributed by atoms with van der Waals surface area (Å²) < 4.78 is 5.66. The summed E-state index contributed by atoms with van der Waals surface area (Å²) in [4.78, 5) is 0. The lowest BCUT2D eigenvalue weighted by molar-refractivity contribution is 0.336. The van der Waals surface area contributed by atoms with Gasteiger partial charge in [0.15, 0.2) is 0 Å². The minimum atomic E-state index is 0.701. The van der Waals surface area contributed by atoms with Gasteiger partial charge in [-0.25, -0.2) is 0 Å². The van der Waals surface area contributed by atoms with Crippen LogP contribution in [0.15, 0.2) is 29.8 Å². The lowest BCUT2D eigenvalue weighted by atomic mass is 10.0. The summed E-state index contributed by atoms with van der Waals surface area (Å²) in [5.74, 6) is 0.987. The van der Waals surface area contributed by atoms with Gasteiger partial charge in [-0.2, -0.15) is 0 Å². The zero-order valence-corrected chi connectivity index (χ0v) is 7.84. The second-order valence-corrected chi connectivity index (χ2v) is 3.54. The van der Waals surface area contributed by atoms with E-state index in [4.69, 9.17) is 4.74 Å². The number of ether oxygens (including phenoxy) is 1. The van der Waals surface area contributed by atoms with E-state index < -0.39 is 0 Å². The van der Waals surface area contributed by atoms with E-state index in [0.717, 1.165) is 19.0 Å². The van der Waals surface area contributed by atoms with Crippen LogP contribution >= 0.6 is 0 Å². The van der Waals surface area contributed by atoms with Crippen LogP contribution in [0.5, 0.6) is 5.75 Å². The van der Waals surface area contributed by atoms with Crippen molar-refractivity contribution in [3.63, 3.8) is 0 Å². The maximum absolute atomic E-state index is 5.66. The smallest absolute Gasteiger partial charge is 0.129 e. The Kier molecular flexibility index (Phi) is 1.70. The van der Waals surface area contributed by atoms with Gasteiger partial charge in [0.25, 0.3) is 0 Å². The van der Waals surface area contributed by atoms with Crippen molar-refractivity contribution in [2.75, 3.05) is 19.8 Å². The lowest BCUT2D eigenvalue weighted by Crippen LogP contribution is -2.39. The van der Waals surface area contributed by atoms with Crippen LogP contribution in [0.3, 0.4) is 0 Å². The van der Waals surface area contributed by atoms with E-state index in [1.165, 1.54) is 16.8 Å². The van der Waals surface area contributed by atoms with Crippen LogP contribution in [0.25, 0.3) is 5.70 Å². The molecule has 0 saturated heterocycles. The summed E-state index contributed by atoms with van der Waals surface area (Å²) in [6, 6.07) is 8.16. The first-order chi connectivity index (χ1) is 6.95. The van der Waals surface area contributed by atoms with Gasteiger partial charge in [0.2, 0.25) is 0 Å². The monoisotopic (exact) mass is 188 g/mol. The maximum Gasteiger partial charge on any atom is 0.129 e. The van der Waals surface area contributed by atoms with Crippen molar-refractivity contribution >= 4 is 5.70 Å². The highest BCUT2D eigenvalue weighted by molar-refractivity contribution is 5.74. The van der Waals surface area contributed by atoms with Crippen LogP contribution in [0, 0.1) is 0 Å². The first kappa shape index (κ1) is 7.88. The third-order valence-electron chi connectivity index (χ3n) is 2.64. The van der Waals surface area contributed by atoms with E-state index in [1.54, 1.807) is 0 Å². The average molecular weight is 188 g/mol. The Hall–Kier alpha value is -1.48. The van der Waals surface area contributed by atoms with Crippen molar-refractivity contribution in [1.29, 1.82) is 0 Å². The van der Waals surface area contributed by atoms with Gasteiger partial charge in [-0.1, -0.05) is 12.1 Å². The van der Waals surface area contributed by atoms with Crippen LogP contribution in [-0.4, -0.2) is 19.8 Å². The largest absolute Gasteiger partial charge is 0.488 e. The molecular formula is C11H12N2O. The predicted octanol–water partition coefficient (Wildman–Crippen LogP) is 0.940. The molecular weight excluding hydrogens is 176 g/mol. The standard InChI is InChI=1S/C11H12N2O/c1-2-4-10-9(3-1)11-8(6-14-10)5-12-7-13-11/h1-4,12-13H,5-7H2. The van der Waals surface area contributed by atoms with Crippen molar-refractivity contribution in [1.82, 2.24) is 10.6 Å². The summed E-state index contributed by atoms with van der Waals surface area (Å²) in [6.45, 7) is 2.47. The molecule has 0 unspecified atom stereocenters. The zero-order valence-electron chi connectivity index (χ0n) is 7.84. The van der Waals surface area contributed by atoms with Crippen LogP contribution < -0.4 is 15.4 Å². The molecule has 0 fully saturated rings. The third-order valence-corrected chi connectivity index (χ3v) is 2.64. The number of fused-ring (bicyclic) bond motifs is 2. The van der Waals surface area contributed by atoms with Gasteiger partial charge in [-0.15, -0.1) is 0 Å². The van der Waals surface area contributed by atoms with Gasteiger partial charge >= 0.3 is 0 Å². The third kappa shape index (κ3) is 1.09. The lowest BCUT2D eigenvalue weighted by Gasteiger charge is -2.28. The molecule has 3 rings (SSSR count). The van der Waals surface area contributed by atoms with E-state index >= 15 is 0 Å². The van der Waals surface area contributed by atoms with Gasteiger partial charge in [-0.05, 0) is 12.1 Å². The minimum Gasteiger partial charge on any atom is -0.488 e. The molecule has 0 spiro atoms. The highest BCUT2D eigenvalue weighted by atomic mass is 16.5. The molecule has 14 heavy (non-hydrogen) atoms. The Balaban J connectivity index is 2.13. The van der Waals surface area contributed by atoms with E-state index in [-0.39, 0.29) is 0 Å². The molecule has 3 heteroatoms. The fourth-order valence-corrected chi connectivity index (χ4v) is 1.95. The molecule has 0 aromatic heterocycles. The molecule has 2 N–H and O–H groups in total. The molecule has 2 heterocycles. The van der Waals surface area contributed by atoms with Crippen LogP contribution in [-0.2, 0) is 0 Å². The summed E-state index contributed by atoms with van der Waals surface area (Å²) in [5, 5.41) is 6.63. The second kappa shape index (κ2) is 3.03. The van der Waals surface area contributed by atoms with E-state index in [2.05, 4.69) is 16.7 Å². The summed E-state index contributed by atoms with van der Waals surface area (Å²) in [6.07, 6.45) is 0. The average Bonchev–Trinajstić information content (AvgIpc) is 2.29. The Morgan fingerprint density at radius 3 is 3.14 bits per heavy atom. The summed E-state index contributed by atoms with van der Waals surface area (Å²) in [5.41, 5.74) is 3.76. The van der Waals surface area contributed by atoms with Gasteiger partial charge in [0.05, 0.1) is 6.67 Å². The first-order valence-corrected chi connectivity index (χ1v) is 4.84.